The van der Waals surface area contributed by atoms with Crippen LogP contribution < -0.4 is 5.56 Å². The van der Waals surface area contributed by atoms with E-state index in [-0.39, 0.29) is 5.56 Å². The summed E-state index contributed by atoms with van der Waals surface area (Å²) in [4.78, 5) is 23.2. The van der Waals surface area contributed by atoms with Crippen molar-refractivity contribution in [3.05, 3.63) is 56.8 Å². The molecule has 0 amide bonds. The number of benzene rings is 1. The normalized spacial score (nSPS) is 20.7. The number of sulfonamides is 1. The Morgan fingerprint density at radius 1 is 1.13 bits per heavy atom. The first-order valence-corrected chi connectivity index (χ1v) is 12.6. The van der Waals surface area contributed by atoms with Gasteiger partial charge in [-0.2, -0.15) is 4.31 Å². The van der Waals surface area contributed by atoms with Crippen molar-refractivity contribution in [2.75, 3.05) is 13.1 Å². The molecule has 31 heavy (non-hydrogen) atoms. The van der Waals surface area contributed by atoms with Crippen LogP contribution in [0.1, 0.15) is 67.4 Å². The van der Waals surface area contributed by atoms with E-state index in [1.807, 2.05) is 19.9 Å². The number of fused-ring (bicyclic) bond motifs is 1. The van der Waals surface area contributed by atoms with Gasteiger partial charge in [-0.1, -0.05) is 12.5 Å². The number of hydrogen-bond acceptors (Lipinski definition) is 5. The molecule has 1 saturated heterocycles. The molecule has 4 rings (SSSR count). The van der Waals surface area contributed by atoms with Crippen molar-refractivity contribution in [2.45, 2.75) is 76.9 Å². The van der Waals surface area contributed by atoms with Crippen molar-refractivity contribution < 1.29 is 8.42 Å². The summed E-state index contributed by atoms with van der Waals surface area (Å²) < 4.78 is 28.6. The summed E-state index contributed by atoms with van der Waals surface area (Å²) in [5.74, 6) is 0.480. The molecule has 1 unspecified atom stereocenters. The molecule has 3 heterocycles. The molecule has 0 saturated carbocycles. The first-order valence-electron chi connectivity index (χ1n) is 11.1. The van der Waals surface area contributed by atoms with Crippen molar-refractivity contribution in [3.8, 4) is 0 Å². The number of aromatic amines is 1. The minimum atomic E-state index is -3.69. The van der Waals surface area contributed by atoms with Crippen molar-refractivity contribution in [3.63, 3.8) is 0 Å². The maximum atomic E-state index is 13.5. The van der Waals surface area contributed by atoms with E-state index in [1.54, 1.807) is 12.1 Å². The lowest BCUT2D eigenvalue weighted by Gasteiger charge is -2.35. The fourth-order valence-electron chi connectivity index (χ4n) is 4.54. The Labute approximate surface area is 184 Å². The largest absolute Gasteiger partial charge is 0.309 e. The number of piperidine rings is 1. The average Bonchev–Trinajstić information content (AvgIpc) is 2.75. The van der Waals surface area contributed by atoms with E-state index in [0.29, 0.717) is 48.3 Å². The van der Waals surface area contributed by atoms with E-state index in [2.05, 4.69) is 23.7 Å². The molecule has 2 aliphatic heterocycles. The number of nitrogens with zero attached hydrogens (tertiary/aromatic N) is 3. The van der Waals surface area contributed by atoms with Crippen LogP contribution >= 0.6 is 0 Å². The Kier molecular flexibility index (Phi) is 6.07. The quantitative estimate of drug-likeness (QED) is 0.783. The Morgan fingerprint density at radius 2 is 1.90 bits per heavy atom. The van der Waals surface area contributed by atoms with Gasteiger partial charge < -0.3 is 4.98 Å². The number of hydrogen-bond donors (Lipinski definition) is 1. The third-order valence-electron chi connectivity index (χ3n) is 6.70. The van der Waals surface area contributed by atoms with Crippen LogP contribution in [0.2, 0.25) is 0 Å². The lowest BCUT2D eigenvalue weighted by molar-refractivity contribution is 0.198. The predicted octanol–water partition coefficient (Wildman–Crippen LogP) is 3.07. The zero-order valence-corrected chi connectivity index (χ0v) is 19.6. The van der Waals surface area contributed by atoms with Gasteiger partial charge in [-0.3, -0.25) is 9.69 Å². The van der Waals surface area contributed by atoms with Crippen LogP contribution in [0.15, 0.2) is 27.9 Å². The lowest BCUT2D eigenvalue weighted by Crippen LogP contribution is -2.42. The fourth-order valence-corrected chi connectivity index (χ4v) is 6.29. The Hall–Kier alpha value is -2.03. The molecule has 0 radical (unpaired) electrons. The number of aromatic nitrogens is 2. The van der Waals surface area contributed by atoms with E-state index >= 15 is 0 Å². The fraction of sp³-hybridized carbons (Fsp3) is 0.565. The molecule has 1 N–H and O–H groups in total. The number of H-pyrrole nitrogens is 1. The smallest absolute Gasteiger partial charge is 0.255 e. The SMILES string of the molecule is Cc1ccc(S(=O)(=O)N2CCCCC2c2nc3c(c(=O)[nH]2)CN(C(C)C)CC3)cc1C. The molecule has 1 aromatic carbocycles. The third-order valence-corrected chi connectivity index (χ3v) is 8.61. The molecule has 0 spiro atoms. The molecule has 1 atom stereocenters. The minimum absolute atomic E-state index is 0.139. The van der Waals surface area contributed by atoms with Crippen LogP contribution in [0.25, 0.3) is 0 Å². The average molecular weight is 445 g/mol. The van der Waals surface area contributed by atoms with Gasteiger partial charge in [0.1, 0.15) is 5.82 Å². The van der Waals surface area contributed by atoms with Gasteiger partial charge in [0.05, 0.1) is 22.2 Å². The van der Waals surface area contributed by atoms with Crippen LogP contribution in [-0.2, 0) is 23.0 Å². The molecule has 2 aliphatic rings. The number of aryl methyl sites for hydroxylation is 2. The first kappa shape index (κ1) is 22.2. The number of rotatable bonds is 4. The first-order chi connectivity index (χ1) is 14.7. The molecule has 2 aromatic rings. The maximum absolute atomic E-state index is 13.5. The van der Waals surface area contributed by atoms with Gasteiger partial charge in [-0.15, -0.1) is 0 Å². The van der Waals surface area contributed by atoms with Gasteiger partial charge in [0.25, 0.3) is 5.56 Å². The highest BCUT2D eigenvalue weighted by Crippen LogP contribution is 2.34. The molecule has 7 nitrogen and oxygen atoms in total. The van der Waals surface area contributed by atoms with Crippen molar-refractivity contribution in [1.29, 1.82) is 0 Å². The van der Waals surface area contributed by atoms with Crippen LogP contribution in [0.3, 0.4) is 0 Å². The summed E-state index contributed by atoms with van der Waals surface area (Å²) in [5, 5.41) is 0. The van der Waals surface area contributed by atoms with Crippen molar-refractivity contribution in [1.82, 2.24) is 19.2 Å². The summed E-state index contributed by atoms with van der Waals surface area (Å²) in [5.41, 5.74) is 3.39. The van der Waals surface area contributed by atoms with Crippen LogP contribution in [-0.4, -0.2) is 46.7 Å². The van der Waals surface area contributed by atoms with E-state index in [9.17, 15) is 13.2 Å². The summed E-state index contributed by atoms with van der Waals surface area (Å²) in [7, 11) is -3.69. The van der Waals surface area contributed by atoms with Gasteiger partial charge in [-0.05, 0) is 63.8 Å². The molecular formula is C23H32N4O3S. The monoisotopic (exact) mass is 444 g/mol. The zero-order chi connectivity index (χ0) is 22.3. The maximum Gasteiger partial charge on any atom is 0.255 e. The molecule has 8 heteroatoms. The summed E-state index contributed by atoms with van der Waals surface area (Å²) in [6.45, 7) is 10.0. The van der Waals surface area contributed by atoms with Gasteiger partial charge in [0.2, 0.25) is 10.0 Å². The topological polar surface area (TPSA) is 86.4 Å². The Balaban J connectivity index is 1.71. The molecule has 0 aliphatic carbocycles. The second-order valence-corrected chi connectivity index (χ2v) is 11.0. The van der Waals surface area contributed by atoms with E-state index in [1.165, 1.54) is 4.31 Å². The van der Waals surface area contributed by atoms with E-state index in [4.69, 9.17) is 4.98 Å². The molecular weight excluding hydrogens is 412 g/mol. The second-order valence-electron chi connectivity index (χ2n) is 9.06. The second kappa shape index (κ2) is 8.48. The molecule has 1 aromatic heterocycles. The Bertz CT molecular complexity index is 1140. The van der Waals surface area contributed by atoms with Gasteiger partial charge in [0.15, 0.2) is 0 Å². The van der Waals surface area contributed by atoms with E-state index < -0.39 is 16.1 Å². The predicted molar refractivity (Wildman–Crippen MR) is 121 cm³/mol. The molecule has 1 fully saturated rings. The summed E-state index contributed by atoms with van der Waals surface area (Å²) in [6, 6.07) is 5.18. The van der Waals surface area contributed by atoms with Crippen LogP contribution in [0.5, 0.6) is 0 Å². The van der Waals surface area contributed by atoms with Gasteiger partial charge in [0, 0.05) is 32.1 Å². The molecule has 168 valence electrons. The zero-order valence-electron chi connectivity index (χ0n) is 18.8. The molecule has 0 bridgehead atoms. The highest BCUT2D eigenvalue weighted by Gasteiger charge is 2.36. The van der Waals surface area contributed by atoms with Crippen LogP contribution in [0.4, 0.5) is 0 Å². The van der Waals surface area contributed by atoms with Crippen molar-refractivity contribution >= 4 is 10.0 Å². The van der Waals surface area contributed by atoms with E-state index in [0.717, 1.165) is 36.2 Å². The van der Waals surface area contributed by atoms with Crippen molar-refractivity contribution in [2.24, 2.45) is 0 Å². The van der Waals surface area contributed by atoms with Crippen LogP contribution in [0, 0.1) is 13.8 Å². The highest BCUT2D eigenvalue weighted by atomic mass is 32.2. The number of nitrogens with one attached hydrogen (secondary N) is 1. The Morgan fingerprint density at radius 3 is 2.61 bits per heavy atom. The minimum Gasteiger partial charge on any atom is -0.309 e. The lowest BCUT2D eigenvalue weighted by atomic mass is 10.0. The van der Waals surface area contributed by atoms with Gasteiger partial charge in [-0.25, -0.2) is 13.4 Å². The standard InChI is InChI=1S/C23H32N4O3S/c1-15(2)26-12-10-20-19(14-26)23(28)25-22(24-20)21-7-5-6-11-27(21)31(29,30)18-9-8-16(3)17(4)13-18/h8-9,13,15,21H,5-7,10-12,14H2,1-4H3,(H,24,25,28). The highest BCUT2D eigenvalue weighted by molar-refractivity contribution is 7.89. The third kappa shape index (κ3) is 4.21. The van der Waals surface area contributed by atoms with Gasteiger partial charge >= 0.3 is 0 Å². The summed E-state index contributed by atoms with van der Waals surface area (Å²) in [6.07, 6.45) is 3.08. The summed E-state index contributed by atoms with van der Waals surface area (Å²) >= 11 is 0.